The predicted molar refractivity (Wildman–Crippen MR) is 61.5 cm³/mol. The number of nitrogens with zero attached hydrogens (tertiary/aromatic N) is 2. The van der Waals surface area contributed by atoms with Gasteiger partial charge in [-0.15, -0.1) is 0 Å². The molecule has 0 radical (unpaired) electrons. The Balaban J connectivity index is 2.19. The van der Waals surface area contributed by atoms with E-state index in [0.29, 0.717) is 5.56 Å². The summed E-state index contributed by atoms with van der Waals surface area (Å²) in [7, 11) is 0. The summed E-state index contributed by atoms with van der Waals surface area (Å²) >= 11 is 5.83. The van der Waals surface area contributed by atoms with Gasteiger partial charge in [-0.1, -0.05) is 17.7 Å². The SMILES string of the molecule is O=C(Cc1ccc(F)cc1Cl)c1ncccn1. The monoisotopic (exact) mass is 250 g/mol. The minimum absolute atomic E-state index is 0.0587. The molecular weight excluding hydrogens is 243 g/mol. The molecule has 0 amide bonds. The zero-order valence-corrected chi connectivity index (χ0v) is 9.49. The molecule has 17 heavy (non-hydrogen) atoms. The van der Waals surface area contributed by atoms with Crippen LogP contribution in [0.2, 0.25) is 5.02 Å². The van der Waals surface area contributed by atoms with E-state index in [0.717, 1.165) is 0 Å². The summed E-state index contributed by atoms with van der Waals surface area (Å²) in [5, 5.41) is 0.231. The van der Waals surface area contributed by atoms with Crippen molar-refractivity contribution >= 4 is 17.4 Å². The Bertz CT molecular complexity index is 545. The molecule has 2 aromatic rings. The van der Waals surface area contributed by atoms with Crippen LogP contribution in [0.15, 0.2) is 36.7 Å². The van der Waals surface area contributed by atoms with E-state index >= 15 is 0 Å². The van der Waals surface area contributed by atoms with E-state index in [2.05, 4.69) is 9.97 Å². The lowest BCUT2D eigenvalue weighted by Crippen LogP contribution is -2.08. The van der Waals surface area contributed by atoms with Crippen LogP contribution in [0, 0.1) is 5.82 Å². The molecule has 1 aromatic carbocycles. The minimum Gasteiger partial charge on any atom is -0.290 e. The van der Waals surface area contributed by atoms with Crippen LogP contribution in [0.3, 0.4) is 0 Å². The standard InChI is InChI=1S/C12H8ClFN2O/c13-10-7-9(14)3-2-8(10)6-11(17)12-15-4-1-5-16-12/h1-5,7H,6H2. The number of benzene rings is 1. The number of aromatic nitrogens is 2. The van der Waals surface area contributed by atoms with Crippen LogP contribution in [-0.2, 0) is 6.42 Å². The van der Waals surface area contributed by atoms with Crippen LogP contribution in [0.1, 0.15) is 16.2 Å². The van der Waals surface area contributed by atoms with Crippen LogP contribution < -0.4 is 0 Å². The average Bonchev–Trinajstić information content (AvgIpc) is 2.34. The number of hydrogen-bond donors (Lipinski definition) is 0. The lowest BCUT2D eigenvalue weighted by molar-refractivity contribution is 0.0983. The number of carbonyl (C=O) groups is 1. The van der Waals surface area contributed by atoms with Crippen molar-refractivity contribution in [3.63, 3.8) is 0 Å². The molecule has 0 spiro atoms. The fourth-order valence-electron chi connectivity index (χ4n) is 1.36. The predicted octanol–water partition coefficient (Wildman–Crippen LogP) is 2.69. The second kappa shape index (κ2) is 5.01. The van der Waals surface area contributed by atoms with E-state index in [4.69, 9.17) is 11.6 Å². The quantitative estimate of drug-likeness (QED) is 0.787. The Labute approximate surface area is 102 Å². The molecule has 0 atom stereocenters. The number of halogens is 2. The van der Waals surface area contributed by atoms with Crippen molar-refractivity contribution in [2.45, 2.75) is 6.42 Å². The second-order valence-electron chi connectivity index (χ2n) is 3.41. The summed E-state index contributed by atoms with van der Waals surface area (Å²) in [5.74, 6) is -0.547. The van der Waals surface area contributed by atoms with Gasteiger partial charge < -0.3 is 0 Å². The highest BCUT2D eigenvalue weighted by Gasteiger charge is 2.12. The third-order valence-electron chi connectivity index (χ3n) is 2.18. The fourth-order valence-corrected chi connectivity index (χ4v) is 1.59. The highest BCUT2D eigenvalue weighted by atomic mass is 35.5. The highest BCUT2D eigenvalue weighted by molar-refractivity contribution is 6.31. The van der Waals surface area contributed by atoms with Crippen molar-refractivity contribution in [3.05, 3.63) is 58.9 Å². The van der Waals surface area contributed by atoms with Crippen LogP contribution >= 0.6 is 11.6 Å². The molecule has 1 heterocycles. The summed E-state index contributed by atoms with van der Waals surface area (Å²) in [6.45, 7) is 0. The van der Waals surface area contributed by atoms with Crippen molar-refractivity contribution < 1.29 is 9.18 Å². The minimum atomic E-state index is -0.429. The van der Waals surface area contributed by atoms with Gasteiger partial charge in [0.2, 0.25) is 5.78 Å². The van der Waals surface area contributed by atoms with Gasteiger partial charge >= 0.3 is 0 Å². The van der Waals surface area contributed by atoms with Gasteiger partial charge in [-0.25, -0.2) is 14.4 Å². The Morgan fingerprint density at radius 1 is 1.29 bits per heavy atom. The molecule has 0 aliphatic heterocycles. The Kier molecular flexibility index (Phi) is 3.44. The molecule has 0 fully saturated rings. The van der Waals surface area contributed by atoms with Crippen molar-refractivity contribution in [3.8, 4) is 0 Å². The van der Waals surface area contributed by atoms with Gasteiger partial charge in [-0.05, 0) is 23.8 Å². The fraction of sp³-hybridized carbons (Fsp3) is 0.0833. The third kappa shape index (κ3) is 2.85. The van der Waals surface area contributed by atoms with Crippen LogP contribution in [-0.4, -0.2) is 15.8 Å². The molecule has 86 valence electrons. The van der Waals surface area contributed by atoms with Crippen LogP contribution in [0.25, 0.3) is 0 Å². The van der Waals surface area contributed by atoms with E-state index in [1.807, 2.05) is 0 Å². The zero-order valence-electron chi connectivity index (χ0n) is 8.73. The molecule has 0 saturated heterocycles. The van der Waals surface area contributed by atoms with Crippen molar-refractivity contribution in [1.82, 2.24) is 9.97 Å². The summed E-state index contributed by atoms with van der Waals surface area (Å²) in [6.07, 6.45) is 3.04. The van der Waals surface area contributed by atoms with Crippen molar-refractivity contribution in [1.29, 1.82) is 0 Å². The van der Waals surface area contributed by atoms with E-state index < -0.39 is 5.82 Å². The first-order valence-electron chi connectivity index (χ1n) is 4.91. The molecular formula is C12H8ClFN2O. The summed E-state index contributed by atoms with van der Waals surface area (Å²) in [4.78, 5) is 19.5. The van der Waals surface area contributed by atoms with E-state index in [1.165, 1.54) is 30.6 Å². The van der Waals surface area contributed by atoms with Gasteiger partial charge in [0.25, 0.3) is 0 Å². The highest BCUT2D eigenvalue weighted by Crippen LogP contribution is 2.18. The molecule has 0 saturated carbocycles. The number of ketones is 1. The first-order valence-corrected chi connectivity index (χ1v) is 5.29. The molecule has 0 N–H and O–H groups in total. The number of carbonyl (C=O) groups excluding carboxylic acids is 1. The third-order valence-corrected chi connectivity index (χ3v) is 2.53. The van der Waals surface area contributed by atoms with Gasteiger partial charge in [-0.2, -0.15) is 0 Å². The van der Waals surface area contributed by atoms with Gasteiger partial charge in [0, 0.05) is 23.8 Å². The van der Waals surface area contributed by atoms with Gasteiger partial charge in [0.05, 0.1) is 0 Å². The van der Waals surface area contributed by atoms with Crippen molar-refractivity contribution in [2.24, 2.45) is 0 Å². The number of rotatable bonds is 3. The molecule has 0 bridgehead atoms. The second-order valence-corrected chi connectivity index (χ2v) is 3.82. The first kappa shape index (κ1) is 11.7. The van der Waals surface area contributed by atoms with Gasteiger partial charge in [-0.3, -0.25) is 4.79 Å². The topological polar surface area (TPSA) is 42.9 Å². The van der Waals surface area contributed by atoms with E-state index in [-0.39, 0.29) is 23.1 Å². The number of hydrogen-bond acceptors (Lipinski definition) is 3. The maximum absolute atomic E-state index is 12.8. The molecule has 1 aromatic heterocycles. The normalized spacial score (nSPS) is 10.2. The molecule has 2 rings (SSSR count). The molecule has 0 aliphatic carbocycles. The van der Waals surface area contributed by atoms with Crippen LogP contribution in [0.4, 0.5) is 4.39 Å². The summed E-state index contributed by atoms with van der Waals surface area (Å²) < 4.78 is 12.8. The van der Waals surface area contributed by atoms with Gasteiger partial charge in [0.1, 0.15) is 5.82 Å². The Morgan fingerprint density at radius 2 is 2.00 bits per heavy atom. The Morgan fingerprint density at radius 3 is 2.65 bits per heavy atom. The molecule has 0 aliphatic rings. The maximum Gasteiger partial charge on any atom is 0.204 e. The first-order chi connectivity index (χ1) is 8.16. The Hall–Kier alpha value is -1.81. The van der Waals surface area contributed by atoms with E-state index in [1.54, 1.807) is 6.07 Å². The van der Waals surface area contributed by atoms with E-state index in [9.17, 15) is 9.18 Å². The largest absolute Gasteiger partial charge is 0.290 e. The molecule has 5 heteroatoms. The van der Waals surface area contributed by atoms with Gasteiger partial charge in [0.15, 0.2) is 5.82 Å². The lowest BCUT2D eigenvalue weighted by Gasteiger charge is -2.02. The maximum atomic E-state index is 12.8. The molecule has 3 nitrogen and oxygen atoms in total. The van der Waals surface area contributed by atoms with Crippen LogP contribution in [0.5, 0.6) is 0 Å². The van der Waals surface area contributed by atoms with Crippen molar-refractivity contribution in [2.75, 3.05) is 0 Å². The lowest BCUT2D eigenvalue weighted by atomic mass is 10.1. The zero-order chi connectivity index (χ0) is 12.3. The smallest absolute Gasteiger partial charge is 0.204 e. The number of Topliss-reactive ketones (excluding diaryl/α,β-unsaturated/α-hetero) is 1. The summed E-state index contributed by atoms with van der Waals surface area (Å²) in [5.41, 5.74) is 0.561. The molecule has 0 unspecified atom stereocenters. The summed E-state index contributed by atoms with van der Waals surface area (Å²) in [6, 6.07) is 5.55. The average molecular weight is 251 g/mol.